The van der Waals surface area contributed by atoms with Gasteiger partial charge in [0, 0.05) is 49.7 Å². The van der Waals surface area contributed by atoms with Crippen molar-refractivity contribution in [3.05, 3.63) is 125 Å². The number of hydrogen-bond acceptors (Lipinski definition) is 12. The van der Waals surface area contributed by atoms with Gasteiger partial charge in [-0.2, -0.15) is 5.10 Å². The van der Waals surface area contributed by atoms with Gasteiger partial charge in [-0.05, 0) is 167 Å². The number of piperidine rings is 3. The highest BCUT2D eigenvalue weighted by atomic mass is 32.1. The van der Waals surface area contributed by atoms with E-state index < -0.39 is 12.2 Å². The minimum atomic E-state index is -1.10. The van der Waals surface area contributed by atoms with Crippen molar-refractivity contribution in [2.45, 2.75) is 89.8 Å². The van der Waals surface area contributed by atoms with Crippen molar-refractivity contribution in [2.75, 3.05) is 61.0 Å². The fraction of sp³-hybridized carbons (Fsp3) is 0.414. The van der Waals surface area contributed by atoms with Gasteiger partial charge < -0.3 is 35.0 Å². The van der Waals surface area contributed by atoms with Crippen LogP contribution < -0.4 is 25.2 Å². The first kappa shape index (κ1) is 49.3. The molecule has 2 unspecified atom stereocenters. The average Bonchev–Trinajstić information content (AvgIpc) is 3.99. The van der Waals surface area contributed by atoms with E-state index in [0.717, 1.165) is 113 Å². The molecule has 3 fully saturated rings. The van der Waals surface area contributed by atoms with E-state index in [-0.39, 0.29) is 23.4 Å². The summed E-state index contributed by atoms with van der Waals surface area (Å²) in [4.78, 5) is 55.8. The van der Waals surface area contributed by atoms with E-state index in [4.69, 9.17) is 14.8 Å². The first-order valence-electron chi connectivity index (χ1n) is 26.5. The lowest BCUT2D eigenvalue weighted by molar-refractivity contribution is -0.128. The van der Waals surface area contributed by atoms with Crippen LogP contribution in [0.2, 0.25) is 0 Å². The molecule has 15 nitrogen and oxygen atoms in total. The summed E-state index contributed by atoms with van der Waals surface area (Å²) in [7, 11) is 1.97. The molecule has 16 heteroatoms. The Hall–Kier alpha value is -6.88. The molecule has 7 heterocycles. The Bertz CT molecular complexity index is 3180. The monoisotopic (exact) mass is 1020 g/mol. The maximum Gasteiger partial charge on any atom is 0.355 e. The molecular weight excluding hydrogens is 951 g/mol. The predicted molar refractivity (Wildman–Crippen MR) is 290 cm³/mol. The van der Waals surface area contributed by atoms with Crippen LogP contribution in [-0.2, 0) is 24.8 Å². The number of carboxylic acid groups (broad SMARTS) is 1. The number of anilines is 3. The second-order valence-electron chi connectivity index (χ2n) is 20.7. The van der Waals surface area contributed by atoms with E-state index in [1.54, 1.807) is 0 Å². The third-order valence-corrected chi connectivity index (χ3v) is 17.1. The van der Waals surface area contributed by atoms with Crippen LogP contribution >= 0.6 is 11.3 Å². The molecule has 384 valence electrons. The third-order valence-electron chi connectivity index (χ3n) is 16.1. The summed E-state index contributed by atoms with van der Waals surface area (Å²) in [5.74, 6) is 0.809. The lowest BCUT2D eigenvalue weighted by Crippen LogP contribution is -2.42. The van der Waals surface area contributed by atoms with Gasteiger partial charge in [-0.3, -0.25) is 19.6 Å². The minimum Gasteiger partial charge on any atom is -0.493 e. The Kier molecular flexibility index (Phi) is 14.4. The number of ether oxygens (including phenoxy) is 1. The van der Waals surface area contributed by atoms with Crippen molar-refractivity contribution < 1.29 is 29.3 Å². The Morgan fingerprint density at radius 3 is 2.42 bits per heavy atom. The summed E-state index contributed by atoms with van der Waals surface area (Å²) in [6.45, 7) is 9.05. The number of benzene rings is 4. The zero-order valence-electron chi connectivity index (χ0n) is 42.3. The molecule has 4 aliphatic rings. The number of hydrogen-bond donors (Lipinski definition) is 4. The molecule has 0 bridgehead atoms. The molecule has 0 radical (unpaired) electrons. The zero-order valence-corrected chi connectivity index (χ0v) is 43.1. The predicted octanol–water partition coefficient (Wildman–Crippen LogP) is 9.56. The number of aliphatic hydroxyl groups excluding tert-OH is 1. The van der Waals surface area contributed by atoms with Crippen molar-refractivity contribution >= 4 is 66.9 Å². The molecular formula is C58H65N9O6S. The summed E-state index contributed by atoms with van der Waals surface area (Å²) in [5, 5.41) is 32.5. The number of pyridine rings is 1. The van der Waals surface area contributed by atoms with E-state index in [9.17, 15) is 24.6 Å². The summed E-state index contributed by atoms with van der Waals surface area (Å²) in [5.41, 5.74) is 8.65. The molecule has 0 spiro atoms. The molecule has 0 aliphatic carbocycles. The first-order chi connectivity index (χ1) is 36.0. The van der Waals surface area contributed by atoms with Crippen LogP contribution in [0.1, 0.15) is 107 Å². The average molecular weight is 1020 g/mol. The van der Waals surface area contributed by atoms with E-state index in [2.05, 4.69) is 49.7 Å². The van der Waals surface area contributed by atoms with Gasteiger partial charge in [-0.1, -0.05) is 59.9 Å². The van der Waals surface area contributed by atoms with E-state index in [0.29, 0.717) is 67.0 Å². The van der Waals surface area contributed by atoms with Crippen molar-refractivity contribution in [3.8, 4) is 16.9 Å². The number of para-hydroxylation sites is 2. The maximum absolute atomic E-state index is 13.7. The molecule has 11 rings (SSSR count). The van der Waals surface area contributed by atoms with Crippen molar-refractivity contribution in [1.82, 2.24) is 30.0 Å². The zero-order chi connectivity index (χ0) is 50.9. The standard InChI is InChI=1S/C58H65N9O6S/c1-36-40(41-18-20-50(60-53(41)57(71)72)67-33-26-39-10-5-12-42(45(39)35-67)55(69)62-58-59-46-14-3-4-17-49(46)74-58)11-7-16-48(36)73-34-27-38-22-29-65(30-23-38)28-8-9-37-24-31-66(32-25-37)47-15-6-13-43-52(63-64(2)54(43)47)44-19-21-51(68)61-56(44)70/h3-7,10-18,20,37-38,44,51,68H,8-9,19,21-35H2,1-2H3,(H,61,70)(H,71,72)(H,59,62,69). The van der Waals surface area contributed by atoms with Gasteiger partial charge in [0.2, 0.25) is 5.91 Å². The number of carbonyl (C=O) groups is 3. The number of nitrogens with zero attached hydrogens (tertiary/aromatic N) is 7. The van der Waals surface area contributed by atoms with Gasteiger partial charge in [-0.25, -0.2) is 14.8 Å². The second kappa shape index (κ2) is 21.5. The van der Waals surface area contributed by atoms with Crippen LogP contribution in [0.15, 0.2) is 91.0 Å². The molecule has 3 saturated heterocycles. The summed E-state index contributed by atoms with van der Waals surface area (Å²) in [6.07, 6.45) is 9.15. The third kappa shape index (κ3) is 10.3. The fourth-order valence-corrected chi connectivity index (χ4v) is 12.8. The van der Waals surface area contributed by atoms with Crippen LogP contribution in [0.5, 0.6) is 5.75 Å². The van der Waals surface area contributed by atoms with Crippen LogP contribution in [0, 0.1) is 18.8 Å². The number of aromatic carboxylic acids is 1. The highest BCUT2D eigenvalue weighted by Gasteiger charge is 2.33. The number of amides is 2. The van der Waals surface area contributed by atoms with Gasteiger partial charge >= 0.3 is 5.97 Å². The number of likely N-dealkylation sites (tertiary alicyclic amines) is 1. The number of carbonyl (C=O) groups excluding carboxylic acids is 2. The molecule has 4 aromatic carbocycles. The number of aryl methyl sites for hydroxylation is 1. The number of thiazole rings is 1. The van der Waals surface area contributed by atoms with Gasteiger partial charge in [0.15, 0.2) is 10.8 Å². The van der Waals surface area contributed by atoms with Gasteiger partial charge in [0.05, 0.1) is 39.6 Å². The van der Waals surface area contributed by atoms with Crippen molar-refractivity contribution in [1.29, 1.82) is 0 Å². The Morgan fingerprint density at radius 1 is 0.824 bits per heavy atom. The van der Waals surface area contributed by atoms with Crippen LogP contribution in [-0.4, -0.2) is 105 Å². The number of aromatic nitrogens is 4. The topological polar surface area (TPSA) is 178 Å². The molecule has 7 aromatic rings. The normalized spacial score (nSPS) is 18.9. The van der Waals surface area contributed by atoms with E-state index in [1.165, 1.54) is 42.7 Å². The second-order valence-corrected chi connectivity index (χ2v) is 21.7. The van der Waals surface area contributed by atoms with Gasteiger partial charge in [-0.15, -0.1) is 0 Å². The lowest BCUT2D eigenvalue weighted by atomic mass is 9.90. The summed E-state index contributed by atoms with van der Waals surface area (Å²) < 4.78 is 9.37. The smallest absolute Gasteiger partial charge is 0.355 e. The Labute approximate surface area is 435 Å². The van der Waals surface area contributed by atoms with E-state index >= 15 is 0 Å². The molecule has 3 aromatic heterocycles. The SMILES string of the molecule is Cc1c(OCCC2CCN(CCCC3CCN(c4cccc5c(C6CCC(O)NC6=O)nn(C)c45)CC3)CC2)cccc1-c1ccc(N2CCc3cccc(C(=O)Nc4nc5ccccc5s4)c3C2)nc1C(=O)O. The number of nitrogens with one attached hydrogen (secondary N) is 2. The molecule has 2 amide bonds. The lowest BCUT2D eigenvalue weighted by Gasteiger charge is -2.35. The molecule has 74 heavy (non-hydrogen) atoms. The number of fused-ring (bicyclic) bond motifs is 3. The first-order valence-corrected chi connectivity index (χ1v) is 27.3. The largest absolute Gasteiger partial charge is 0.493 e. The number of carboxylic acids is 1. The quantitative estimate of drug-likeness (QED) is 0.0766. The Morgan fingerprint density at radius 2 is 1.61 bits per heavy atom. The molecule has 4 aliphatic heterocycles. The number of rotatable bonds is 15. The van der Waals surface area contributed by atoms with Crippen molar-refractivity contribution in [2.24, 2.45) is 18.9 Å². The highest BCUT2D eigenvalue weighted by molar-refractivity contribution is 7.22. The fourth-order valence-electron chi connectivity index (χ4n) is 12.0. The maximum atomic E-state index is 13.7. The number of aliphatic hydroxyl groups is 1. The van der Waals surface area contributed by atoms with Crippen LogP contribution in [0.4, 0.5) is 16.6 Å². The highest BCUT2D eigenvalue weighted by Crippen LogP contribution is 2.38. The molecule has 0 saturated carbocycles. The van der Waals surface area contributed by atoms with Gasteiger partial charge in [0.1, 0.15) is 17.8 Å². The summed E-state index contributed by atoms with van der Waals surface area (Å²) >= 11 is 1.44. The Balaban J connectivity index is 0.640. The molecule has 4 N–H and O–H groups in total. The van der Waals surface area contributed by atoms with Gasteiger partial charge in [0.25, 0.3) is 5.91 Å². The van der Waals surface area contributed by atoms with Crippen LogP contribution in [0.3, 0.4) is 0 Å². The molecule has 2 atom stereocenters. The van der Waals surface area contributed by atoms with E-state index in [1.807, 2.05) is 90.3 Å². The summed E-state index contributed by atoms with van der Waals surface area (Å²) in [6, 6.07) is 29.5. The van der Waals surface area contributed by atoms with Crippen LogP contribution in [0.25, 0.3) is 32.2 Å². The van der Waals surface area contributed by atoms with Crippen molar-refractivity contribution in [3.63, 3.8) is 0 Å². The minimum absolute atomic E-state index is 0.0196.